The van der Waals surface area contributed by atoms with E-state index in [1.807, 2.05) is 0 Å². The number of aromatic nitrogens is 1. The second-order valence-corrected chi connectivity index (χ2v) is 8.20. The Bertz CT molecular complexity index is 759. The number of hydrogen-bond donors (Lipinski definition) is 2. The first-order valence-corrected chi connectivity index (χ1v) is 8.86. The van der Waals surface area contributed by atoms with Gasteiger partial charge in [-0.15, -0.1) is 11.3 Å². The molecule has 0 bridgehead atoms. The van der Waals surface area contributed by atoms with E-state index < -0.39 is 22.0 Å². The predicted octanol–water partition coefficient (Wildman–Crippen LogP) is 2.64. The van der Waals surface area contributed by atoms with Gasteiger partial charge in [0.05, 0.1) is 15.5 Å². The molecule has 0 fully saturated rings. The fourth-order valence-corrected chi connectivity index (χ4v) is 5.25. The van der Waals surface area contributed by atoms with Crippen LogP contribution in [-0.2, 0) is 10.0 Å². The second-order valence-electron chi connectivity index (χ2n) is 4.15. The summed E-state index contributed by atoms with van der Waals surface area (Å²) in [6.45, 7) is 1.66. The highest BCUT2D eigenvalue weighted by Gasteiger charge is 2.25. The summed E-state index contributed by atoms with van der Waals surface area (Å²) in [7, 11) is -3.84. The van der Waals surface area contributed by atoms with Crippen molar-refractivity contribution < 1.29 is 18.3 Å². The number of halogens is 1. The van der Waals surface area contributed by atoms with Gasteiger partial charge in [-0.05, 0) is 41.1 Å². The highest BCUT2D eigenvalue weighted by atomic mass is 79.9. The number of pyridine rings is 1. The standard InChI is InChI=1S/C12H11BrN2O4S2/c1-7(8-4-2-3-5-14-8)15-21(18,19)10-6-9(12(16)17)20-11(10)13/h2-7,15H,1H3,(H,16,17). The van der Waals surface area contributed by atoms with Gasteiger partial charge in [0.25, 0.3) is 0 Å². The molecule has 0 aromatic carbocycles. The van der Waals surface area contributed by atoms with Crippen molar-refractivity contribution in [1.29, 1.82) is 0 Å². The molecule has 0 radical (unpaired) electrons. The molecule has 2 N–H and O–H groups in total. The van der Waals surface area contributed by atoms with Crippen LogP contribution in [0, 0.1) is 0 Å². The molecule has 0 spiro atoms. The summed E-state index contributed by atoms with van der Waals surface area (Å²) >= 11 is 3.94. The zero-order valence-corrected chi connectivity index (χ0v) is 14.0. The summed E-state index contributed by atoms with van der Waals surface area (Å²) < 4.78 is 27.4. The van der Waals surface area contributed by atoms with Crippen molar-refractivity contribution in [2.75, 3.05) is 0 Å². The van der Waals surface area contributed by atoms with Crippen LogP contribution >= 0.6 is 27.3 Å². The molecular formula is C12H11BrN2O4S2. The molecule has 9 heteroatoms. The summed E-state index contributed by atoms with van der Waals surface area (Å²) in [5, 5.41) is 8.91. The summed E-state index contributed by atoms with van der Waals surface area (Å²) in [5.41, 5.74) is 0.575. The topological polar surface area (TPSA) is 96.4 Å². The summed E-state index contributed by atoms with van der Waals surface area (Å²) in [5.74, 6) is -1.17. The van der Waals surface area contributed by atoms with E-state index in [4.69, 9.17) is 5.11 Å². The molecule has 0 amide bonds. The lowest BCUT2D eigenvalue weighted by atomic mass is 10.2. The molecule has 0 aliphatic rings. The fourth-order valence-electron chi connectivity index (χ4n) is 1.63. The molecule has 1 unspecified atom stereocenters. The normalized spacial score (nSPS) is 13.0. The van der Waals surface area contributed by atoms with Gasteiger partial charge in [-0.1, -0.05) is 6.07 Å². The van der Waals surface area contributed by atoms with Crippen LogP contribution < -0.4 is 4.72 Å². The molecule has 2 heterocycles. The lowest BCUT2D eigenvalue weighted by Gasteiger charge is -2.13. The Hall–Kier alpha value is -1.29. The number of thiophene rings is 1. The van der Waals surface area contributed by atoms with Crippen molar-refractivity contribution in [2.24, 2.45) is 0 Å². The van der Waals surface area contributed by atoms with Crippen LogP contribution in [0.3, 0.4) is 0 Å². The fraction of sp³-hybridized carbons (Fsp3) is 0.167. The Balaban J connectivity index is 2.29. The van der Waals surface area contributed by atoms with Crippen molar-refractivity contribution in [1.82, 2.24) is 9.71 Å². The third-order valence-corrected chi connectivity index (χ3v) is 6.40. The van der Waals surface area contributed by atoms with Crippen LogP contribution in [0.2, 0.25) is 0 Å². The van der Waals surface area contributed by atoms with Crippen molar-refractivity contribution in [2.45, 2.75) is 17.9 Å². The Morgan fingerprint density at radius 2 is 2.19 bits per heavy atom. The van der Waals surface area contributed by atoms with E-state index in [-0.39, 0.29) is 13.6 Å². The Morgan fingerprint density at radius 3 is 2.71 bits per heavy atom. The second kappa shape index (κ2) is 6.22. The number of nitrogens with zero attached hydrogens (tertiary/aromatic N) is 1. The number of sulfonamides is 1. The maximum atomic E-state index is 12.3. The number of hydrogen-bond acceptors (Lipinski definition) is 5. The van der Waals surface area contributed by atoms with Gasteiger partial charge in [0.15, 0.2) is 0 Å². The van der Waals surface area contributed by atoms with Crippen LogP contribution in [0.15, 0.2) is 39.1 Å². The van der Waals surface area contributed by atoms with Crippen molar-refractivity contribution in [3.63, 3.8) is 0 Å². The van der Waals surface area contributed by atoms with Crippen LogP contribution in [-0.4, -0.2) is 24.5 Å². The first-order valence-electron chi connectivity index (χ1n) is 5.77. The number of carbonyl (C=O) groups is 1. The van der Waals surface area contributed by atoms with Gasteiger partial charge >= 0.3 is 5.97 Å². The van der Waals surface area contributed by atoms with Crippen LogP contribution in [0.4, 0.5) is 0 Å². The molecule has 0 aliphatic heterocycles. The van der Waals surface area contributed by atoms with Gasteiger partial charge in [0.2, 0.25) is 10.0 Å². The minimum absolute atomic E-state index is 0.0484. The number of nitrogens with one attached hydrogen (secondary N) is 1. The highest BCUT2D eigenvalue weighted by molar-refractivity contribution is 9.11. The minimum atomic E-state index is -3.84. The SMILES string of the molecule is CC(NS(=O)(=O)c1cc(C(=O)O)sc1Br)c1ccccn1. The first kappa shape index (κ1) is 16.1. The average molecular weight is 391 g/mol. The van der Waals surface area contributed by atoms with Crippen molar-refractivity contribution in [3.05, 3.63) is 44.8 Å². The van der Waals surface area contributed by atoms with Crippen molar-refractivity contribution >= 4 is 43.3 Å². The predicted molar refractivity (Wildman–Crippen MR) is 82.0 cm³/mol. The highest BCUT2D eigenvalue weighted by Crippen LogP contribution is 2.32. The molecule has 0 aliphatic carbocycles. The van der Waals surface area contributed by atoms with Crippen LogP contribution in [0.25, 0.3) is 0 Å². The third kappa shape index (κ3) is 3.67. The van der Waals surface area contributed by atoms with E-state index in [1.54, 1.807) is 31.3 Å². The van der Waals surface area contributed by atoms with Gasteiger partial charge in [0, 0.05) is 6.20 Å². The number of carboxylic acid groups (broad SMARTS) is 1. The minimum Gasteiger partial charge on any atom is -0.477 e. The molecule has 21 heavy (non-hydrogen) atoms. The van der Waals surface area contributed by atoms with E-state index in [1.165, 1.54) is 0 Å². The molecule has 112 valence electrons. The largest absolute Gasteiger partial charge is 0.477 e. The molecule has 2 rings (SSSR count). The smallest absolute Gasteiger partial charge is 0.345 e. The van der Waals surface area contributed by atoms with Gasteiger partial charge in [-0.25, -0.2) is 17.9 Å². The van der Waals surface area contributed by atoms with Gasteiger partial charge in [0.1, 0.15) is 9.77 Å². The lowest BCUT2D eigenvalue weighted by Crippen LogP contribution is -2.27. The van der Waals surface area contributed by atoms with Gasteiger partial charge in [-0.2, -0.15) is 0 Å². The first-order chi connectivity index (χ1) is 9.81. The quantitative estimate of drug-likeness (QED) is 0.817. The zero-order chi connectivity index (χ0) is 15.6. The van der Waals surface area contributed by atoms with E-state index >= 15 is 0 Å². The molecule has 2 aromatic heterocycles. The molecule has 0 saturated heterocycles. The monoisotopic (exact) mass is 390 g/mol. The number of rotatable bonds is 5. The molecule has 6 nitrogen and oxygen atoms in total. The Morgan fingerprint density at radius 1 is 1.48 bits per heavy atom. The molecule has 1 atom stereocenters. The summed E-state index contributed by atoms with van der Waals surface area (Å²) in [6, 6.07) is 5.80. The van der Waals surface area contributed by atoms with Crippen LogP contribution in [0.5, 0.6) is 0 Å². The molecule has 2 aromatic rings. The van der Waals surface area contributed by atoms with Crippen LogP contribution in [0.1, 0.15) is 28.3 Å². The number of aromatic carboxylic acids is 1. The molecule has 0 saturated carbocycles. The van der Waals surface area contributed by atoms with Gasteiger partial charge in [-0.3, -0.25) is 4.98 Å². The lowest BCUT2D eigenvalue weighted by molar-refractivity contribution is 0.0702. The number of carboxylic acids is 1. The van der Waals surface area contributed by atoms with E-state index in [0.29, 0.717) is 5.69 Å². The van der Waals surface area contributed by atoms with E-state index in [9.17, 15) is 13.2 Å². The summed E-state index contributed by atoms with van der Waals surface area (Å²) in [4.78, 5) is 14.8. The summed E-state index contributed by atoms with van der Waals surface area (Å²) in [6.07, 6.45) is 1.57. The maximum Gasteiger partial charge on any atom is 0.345 e. The zero-order valence-electron chi connectivity index (χ0n) is 10.8. The van der Waals surface area contributed by atoms with E-state index in [2.05, 4.69) is 25.6 Å². The third-order valence-electron chi connectivity index (χ3n) is 2.62. The average Bonchev–Trinajstić information content (AvgIpc) is 2.82. The molecular weight excluding hydrogens is 380 g/mol. The van der Waals surface area contributed by atoms with Crippen molar-refractivity contribution in [3.8, 4) is 0 Å². The van der Waals surface area contributed by atoms with E-state index in [0.717, 1.165) is 17.4 Å². The Labute approximate surface area is 134 Å². The maximum absolute atomic E-state index is 12.3. The van der Waals surface area contributed by atoms with Gasteiger partial charge < -0.3 is 5.11 Å². The Kier molecular flexibility index (Phi) is 4.77.